The van der Waals surface area contributed by atoms with Crippen LogP contribution in [0, 0.1) is 11.3 Å². The van der Waals surface area contributed by atoms with Crippen LogP contribution in [0.2, 0.25) is 0 Å². The van der Waals surface area contributed by atoms with Crippen LogP contribution in [0.3, 0.4) is 0 Å². The van der Waals surface area contributed by atoms with Crippen molar-refractivity contribution in [3.63, 3.8) is 0 Å². The molecule has 0 radical (unpaired) electrons. The summed E-state index contributed by atoms with van der Waals surface area (Å²) in [6.45, 7) is 4.44. The second kappa shape index (κ2) is 3.19. The van der Waals surface area contributed by atoms with Gasteiger partial charge in [-0.25, -0.2) is 0 Å². The van der Waals surface area contributed by atoms with Gasteiger partial charge in [0.2, 0.25) is 0 Å². The fraction of sp³-hybridized carbons (Fsp3) is 0.667. The minimum atomic E-state index is 0.226. The van der Waals surface area contributed by atoms with Crippen molar-refractivity contribution in [3.8, 4) is 0 Å². The van der Waals surface area contributed by atoms with Gasteiger partial charge >= 0.3 is 0 Å². The van der Waals surface area contributed by atoms with Crippen LogP contribution in [0.25, 0.3) is 0 Å². The molecular weight excluding hydrogens is 268 g/mol. The number of carbonyl (C=O) groups excluding carboxylic acids is 1. The number of carbonyl (C=O) groups is 1. The summed E-state index contributed by atoms with van der Waals surface area (Å²) in [5.74, 6) is 0.786. The Morgan fingerprint density at radius 1 is 1.56 bits per heavy atom. The average Bonchev–Trinajstić information content (AvgIpc) is 2.79. The Balaban J connectivity index is 2.15. The van der Waals surface area contributed by atoms with Crippen LogP contribution in [0.4, 0.5) is 0 Å². The smallest absolute Gasteiger partial charge is 0.181 e. The van der Waals surface area contributed by atoms with Crippen molar-refractivity contribution >= 4 is 21.7 Å². The molecule has 4 heteroatoms. The summed E-state index contributed by atoms with van der Waals surface area (Å²) in [6, 6.07) is 2.25. The highest BCUT2D eigenvalue weighted by atomic mass is 79.9. The minimum Gasteiger partial charge on any atom is -0.292 e. The third kappa shape index (κ3) is 1.32. The zero-order valence-electron chi connectivity index (χ0n) is 9.53. The quantitative estimate of drug-likeness (QED) is 0.793. The lowest BCUT2D eigenvalue weighted by Crippen LogP contribution is -2.35. The Morgan fingerprint density at radius 3 is 2.81 bits per heavy atom. The Labute approximate surface area is 103 Å². The van der Waals surface area contributed by atoms with E-state index in [4.69, 9.17) is 0 Å². The number of hydrogen-bond acceptors (Lipinski definition) is 2. The van der Waals surface area contributed by atoms with Crippen LogP contribution >= 0.6 is 15.9 Å². The fourth-order valence-electron chi connectivity index (χ4n) is 3.18. The van der Waals surface area contributed by atoms with Crippen molar-refractivity contribution in [1.82, 2.24) is 9.78 Å². The highest BCUT2D eigenvalue weighted by Crippen LogP contribution is 2.61. The van der Waals surface area contributed by atoms with Crippen LogP contribution in [-0.4, -0.2) is 15.6 Å². The molecule has 1 fully saturated rings. The highest BCUT2D eigenvalue weighted by Gasteiger charge is 2.56. The van der Waals surface area contributed by atoms with E-state index in [0.717, 1.165) is 10.3 Å². The average molecular weight is 283 g/mol. The molecular formula is C12H15BrN2O. The van der Waals surface area contributed by atoms with Crippen LogP contribution in [0.5, 0.6) is 0 Å². The van der Waals surface area contributed by atoms with E-state index in [1.165, 1.54) is 12.8 Å². The Kier molecular flexibility index (Phi) is 2.09. The molecule has 2 aliphatic rings. The number of rotatable bonds is 1. The van der Waals surface area contributed by atoms with E-state index in [1.54, 1.807) is 0 Å². The molecule has 0 amide bonds. The molecule has 1 aromatic heterocycles. The summed E-state index contributed by atoms with van der Waals surface area (Å²) >= 11 is 3.37. The van der Waals surface area contributed by atoms with Gasteiger partial charge in [-0.05, 0) is 34.7 Å². The summed E-state index contributed by atoms with van der Waals surface area (Å²) in [4.78, 5) is 12.0. The summed E-state index contributed by atoms with van der Waals surface area (Å²) in [5.41, 5.74) is 1.01. The van der Waals surface area contributed by atoms with Gasteiger partial charge in [-0.15, -0.1) is 0 Å². The number of halogens is 1. The normalized spacial score (nSPS) is 26.2. The van der Waals surface area contributed by atoms with Crippen LogP contribution < -0.4 is 0 Å². The maximum absolute atomic E-state index is 12.0. The Hall–Kier alpha value is -0.640. The van der Waals surface area contributed by atoms with Gasteiger partial charge in [-0.3, -0.25) is 9.48 Å². The monoisotopic (exact) mass is 282 g/mol. The predicted molar refractivity (Wildman–Crippen MR) is 64.4 cm³/mol. The lowest BCUT2D eigenvalue weighted by atomic mass is 9.80. The molecule has 1 saturated carbocycles. The molecule has 3 nitrogen and oxygen atoms in total. The van der Waals surface area contributed by atoms with Crippen molar-refractivity contribution in [3.05, 3.63) is 16.4 Å². The van der Waals surface area contributed by atoms with E-state index in [-0.39, 0.29) is 11.2 Å². The first-order chi connectivity index (χ1) is 7.53. The number of nitrogens with zero attached hydrogens (tertiary/aromatic N) is 2. The summed E-state index contributed by atoms with van der Waals surface area (Å²) in [5, 5.41) is 4.45. The first-order valence-corrected chi connectivity index (χ1v) is 6.61. The Morgan fingerprint density at radius 2 is 2.25 bits per heavy atom. The van der Waals surface area contributed by atoms with Gasteiger partial charge in [0.1, 0.15) is 10.3 Å². The van der Waals surface area contributed by atoms with Gasteiger partial charge < -0.3 is 0 Å². The number of fused-ring (bicyclic) bond motifs is 1. The van der Waals surface area contributed by atoms with Crippen LogP contribution in [0.1, 0.15) is 49.6 Å². The molecule has 16 heavy (non-hydrogen) atoms. The highest BCUT2D eigenvalue weighted by molar-refractivity contribution is 9.10. The van der Waals surface area contributed by atoms with Gasteiger partial charge in [-0.2, -0.15) is 5.10 Å². The SMILES string of the molecule is CC(C)C1n2nc(Br)cc2C(=O)CC12CC2. The number of hydrogen-bond donors (Lipinski definition) is 0. The van der Waals surface area contributed by atoms with Crippen molar-refractivity contribution in [1.29, 1.82) is 0 Å². The predicted octanol–water partition coefficient (Wildman–Crippen LogP) is 3.21. The maximum atomic E-state index is 12.0. The molecule has 1 atom stereocenters. The van der Waals surface area contributed by atoms with Crippen LogP contribution in [0.15, 0.2) is 10.7 Å². The first kappa shape index (κ1) is 10.5. The number of Topliss-reactive ketones (excluding diaryl/α,β-unsaturated/α-hetero) is 1. The second-order valence-electron chi connectivity index (χ2n) is 5.45. The Bertz CT molecular complexity index is 460. The lowest BCUT2D eigenvalue weighted by Gasteiger charge is -2.35. The molecule has 0 saturated heterocycles. The van der Waals surface area contributed by atoms with Gasteiger partial charge in [0.25, 0.3) is 0 Å². The zero-order chi connectivity index (χ0) is 11.5. The van der Waals surface area contributed by atoms with Crippen molar-refractivity contribution < 1.29 is 4.79 Å². The molecule has 1 aromatic rings. The van der Waals surface area contributed by atoms with E-state index >= 15 is 0 Å². The van der Waals surface area contributed by atoms with E-state index in [2.05, 4.69) is 34.9 Å². The van der Waals surface area contributed by atoms with Gasteiger partial charge in [-0.1, -0.05) is 13.8 Å². The van der Waals surface area contributed by atoms with Crippen molar-refractivity contribution in [2.75, 3.05) is 0 Å². The summed E-state index contributed by atoms with van der Waals surface area (Å²) in [6.07, 6.45) is 3.07. The van der Waals surface area contributed by atoms with Crippen molar-refractivity contribution in [2.45, 2.75) is 39.2 Å². The maximum Gasteiger partial charge on any atom is 0.181 e. The molecule has 1 aliphatic heterocycles. The molecule has 2 heterocycles. The second-order valence-corrected chi connectivity index (χ2v) is 6.26. The number of aromatic nitrogens is 2. The largest absolute Gasteiger partial charge is 0.292 e. The molecule has 3 rings (SSSR count). The van der Waals surface area contributed by atoms with E-state index < -0.39 is 0 Å². The fourth-order valence-corrected chi connectivity index (χ4v) is 3.57. The minimum absolute atomic E-state index is 0.226. The van der Waals surface area contributed by atoms with Gasteiger partial charge in [0.15, 0.2) is 5.78 Å². The molecule has 1 aliphatic carbocycles. The van der Waals surface area contributed by atoms with Crippen molar-refractivity contribution in [2.24, 2.45) is 11.3 Å². The van der Waals surface area contributed by atoms with E-state index in [0.29, 0.717) is 18.4 Å². The summed E-state index contributed by atoms with van der Waals surface area (Å²) < 4.78 is 2.74. The first-order valence-electron chi connectivity index (χ1n) is 5.82. The third-order valence-electron chi connectivity index (χ3n) is 3.92. The van der Waals surface area contributed by atoms with Gasteiger partial charge in [0, 0.05) is 17.9 Å². The van der Waals surface area contributed by atoms with Gasteiger partial charge in [0.05, 0.1) is 6.04 Å². The topological polar surface area (TPSA) is 34.9 Å². The molecule has 1 spiro atoms. The lowest BCUT2D eigenvalue weighted by molar-refractivity contribution is 0.0824. The standard InChI is InChI=1S/C12H15BrN2O/c1-7(2)11-12(3-4-12)6-9(16)8-5-10(13)14-15(8)11/h5,7,11H,3-4,6H2,1-2H3. The van der Waals surface area contributed by atoms with E-state index in [9.17, 15) is 4.79 Å². The molecule has 0 bridgehead atoms. The number of ketones is 1. The third-order valence-corrected chi connectivity index (χ3v) is 4.31. The molecule has 0 aromatic carbocycles. The van der Waals surface area contributed by atoms with Crippen LogP contribution in [-0.2, 0) is 0 Å². The molecule has 0 N–H and O–H groups in total. The summed E-state index contributed by atoms with van der Waals surface area (Å²) in [7, 11) is 0. The van der Waals surface area contributed by atoms with E-state index in [1.807, 2.05) is 10.7 Å². The molecule has 1 unspecified atom stereocenters. The zero-order valence-corrected chi connectivity index (χ0v) is 11.1. The molecule has 86 valence electrons.